The monoisotopic (exact) mass is 347 g/mol. The number of nitrogens with one attached hydrogen (secondary N) is 2. The van der Waals surface area contributed by atoms with Gasteiger partial charge in [0.05, 0.1) is 6.54 Å². The van der Waals surface area contributed by atoms with Gasteiger partial charge in [-0.05, 0) is 37.1 Å². The summed E-state index contributed by atoms with van der Waals surface area (Å²) >= 11 is 0. The van der Waals surface area contributed by atoms with E-state index in [4.69, 9.17) is 9.47 Å². The average Bonchev–Trinajstić information content (AvgIpc) is 3.06. The second-order valence-electron chi connectivity index (χ2n) is 6.36. The Hall–Kier alpha value is -2.28. The van der Waals surface area contributed by atoms with Crippen molar-refractivity contribution in [1.82, 2.24) is 15.5 Å². The van der Waals surface area contributed by atoms with Crippen LogP contribution in [-0.4, -0.2) is 56.1 Å². The Morgan fingerprint density at radius 1 is 1.16 bits per heavy atom. The highest BCUT2D eigenvalue weighted by atomic mass is 16.6. The minimum atomic E-state index is -0.0903. The maximum atomic E-state index is 12.1. The van der Waals surface area contributed by atoms with E-state index in [2.05, 4.69) is 21.6 Å². The fraction of sp³-hybridized carbons (Fsp3) is 0.556. The summed E-state index contributed by atoms with van der Waals surface area (Å²) in [4.78, 5) is 25.2. The van der Waals surface area contributed by atoms with Gasteiger partial charge in [0.1, 0.15) is 13.2 Å². The Kier molecular flexibility index (Phi) is 5.75. The highest BCUT2D eigenvalue weighted by Crippen LogP contribution is 2.37. The minimum absolute atomic E-state index is 0.0187. The number of ether oxygens (including phenoxy) is 2. The van der Waals surface area contributed by atoms with Crippen molar-refractivity contribution in [3.8, 4) is 11.5 Å². The van der Waals surface area contributed by atoms with Crippen molar-refractivity contribution in [2.24, 2.45) is 0 Å². The van der Waals surface area contributed by atoms with Crippen LogP contribution in [0.2, 0.25) is 0 Å². The molecule has 0 bridgehead atoms. The van der Waals surface area contributed by atoms with Crippen LogP contribution in [0.4, 0.5) is 0 Å². The quantitative estimate of drug-likeness (QED) is 0.746. The molecule has 0 aliphatic carbocycles. The lowest BCUT2D eigenvalue weighted by molar-refractivity contribution is -0.123. The third-order valence-corrected chi connectivity index (χ3v) is 4.48. The first-order valence-corrected chi connectivity index (χ1v) is 8.78. The zero-order chi connectivity index (χ0) is 17.6. The fourth-order valence-corrected chi connectivity index (χ4v) is 3.34. The van der Waals surface area contributed by atoms with Gasteiger partial charge in [-0.3, -0.25) is 14.5 Å². The zero-order valence-corrected chi connectivity index (χ0v) is 14.5. The summed E-state index contributed by atoms with van der Waals surface area (Å²) in [5.41, 5.74) is 1.16. The van der Waals surface area contributed by atoms with Crippen LogP contribution in [0.1, 0.15) is 31.4 Å². The molecule has 0 saturated carbocycles. The summed E-state index contributed by atoms with van der Waals surface area (Å²) in [6.07, 6.45) is 2.09. The van der Waals surface area contributed by atoms with Crippen molar-refractivity contribution in [2.75, 3.05) is 39.4 Å². The molecule has 25 heavy (non-hydrogen) atoms. The zero-order valence-electron chi connectivity index (χ0n) is 14.5. The maximum absolute atomic E-state index is 12.1. The topological polar surface area (TPSA) is 79.9 Å². The van der Waals surface area contributed by atoms with E-state index in [1.807, 2.05) is 12.1 Å². The van der Waals surface area contributed by atoms with E-state index < -0.39 is 0 Å². The number of fused-ring (bicyclic) bond motifs is 1. The Morgan fingerprint density at radius 2 is 1.92 bits per heavy atom. The number of carbonyl (C=O) groups is 2. The SMILES string of the molecule is CC(=O)NCCNC(=O)CN1CCCC1c1ccc2c(c1)OCCO2. The van der Waals surface area contributed by atoms with Gasteiger partial charge in [-0.2, -0.15) is 0 Å². The van der Waals surface area contributed by atoms with E-state index in [-0.39, 0.29) is 17.9 Å². The molecule has 2 aliphatic heterocycles. The van der Waals surface area contributed by atoms with Gasteiger partial charge >= 0.3 is 0 Å². The third kappa shape index (κ3) is 4.63. The van der Waals surface area contributed by atoms with Crippen molar-refractivity contribution in [2.45, 2.75) is 25.8 Å². The number of rotatable bonds is 6. The molecule has 1 aromatic carbocycles. The summed E-state index contributed by atoms with van der Waals surface area (Å²) < 4.78 is 11.2. The van der Waals surface area contributed by atoms with Crippen molar-refractivity contribution < 1.29 is 19.1 Å². The Bertz CT molecular complexity index is 635. The fourth-order valence-electron chi connectivity index (χ4n) is 3.34. The molecule has 7 nitrogen and oxygen atoms in total. The van der Waals surface area contributed by atoms with Crippen molar-refractivity contribution in [3.63, 3.8) is 0 Å². The third-order valence-electron chi connectivity index (χ3n) is 4.48. The van der Waals surface area contributed by atoms with Crippen LogP contribution in [-0.2, 0) is 9.59 Å². The first kappa shape index (κ1) is 17.5. The average molecular weight is 347 g/mol. The van der Waals surface area contributed by atoms with E-state index >= 15 is 0 Å². The number of benzene rings is 1. The van der Waals surface area contributed by atoms with Crippen LogP contribution < -0.4 is 20.1 Å². The van der Waals surface area contributed by atoms with E-state index in [1.165, 1.54) is 6.92 Å². The number of nitrogens with zero attached hydrogens (tertiary/aromatic N) is 1. The normalized spacial score (nSPS) is 19.5. The van der Waals surface area contributed by atoms with E-state index in [0.29, 0.717) is 32.8 Å². The molecule has 2 amide bonds. The lowest BCUT2D eigenvalue weighted by Crippen LogP contribution is -2.40. The van der Waals surface area contributed by atoms with Gasteiger partial charge in [-0.15, -0.1) is 0 Å². The van der Waals surface area contributed by atoms with Gasteiger partial charge in [0, 0.05) is 26.1 Å². The van der Waals surface area contributed by atoms with Gasteiger partial charge in [0.15, 0.2) is 11.5 Å². The molecule has 2 heterocycles. The summed E-state index contributed by atoms with van der Waals surface area (Å²) in [6.45, 7) is 4.77. The highest BCUT2D eigenvalue weighted by Gasteiger charge is 2.28. The molecule has 0 aromatic heterocycles. The number of hydrogen-bond acceptors (Lipinski definition) is 5. The Morgan fingerprint density at radius 3 is 2.72 bits per heavy atom. The molecule has 7 heteroatoms. The van der Waals surface area contributed by atoms with Crippen molar-refractivity contribution in [3.05, 3.63) is 23.8 Å². The van der Waals surface area contributed by atoms with Crippen molar-refractivity contribution in [1.29, 1.82) is 0 Å². The molecule has 1 unspecified atom stereocenters. The van der Waals surface area contributed by atoms with Crippen LogP contribution in [0, 0.1) is 0 Å². The number of likely N-dealkylation sites (tertiary alicyclic amines) is 1. The van der Waals surface area contributed by atoms with Crippen LogP contribution in [0.5, 0.6) is 11.5 Å². The van der Waals surface area contributed by atoms with Gasteiger partial charge in [0.2, 0.25) is 11.8 Å². The summed E-state index contributed by atoms with van der Waals surface area (Å²) in [6, 6.07) is 6.27. The van der Waals surface area contributed by atoms with Crippen LogP contribution in [0.3, 0.4) is 0 Å². The van der Waals surface area contributed by atoms with E-state index in [9.17, 15) is 9.59 Å². The Balaban J connectivity index is 1.55. The Labute approximate surface area is 147 Å². The van der Waals surface area contributed by atoms with E-state index in [0.717, 1.165) is 36.4 Å². The van der Waals surface area contributed by atoms with E-state index in [1.54, 1.807) is 0 Å². The van der Waals surface area contributed by atoms with Gasteiger partial charge in [-0.25, -0.2) is 0 Å². The standard InChI is InChI=1S/C18H25N3O4/c1-13(22)19-6-7-20-18(23)12-21-8-2-3-15(21)14-4-5-16-17(11-14)25-10-9-24-16/h4-5,11,15H,2-3,6-10,12H2,1H3,(H,19,22)(H,20,23). The first-order valence-electron chi connectivity index (χ1n) is 8.78. The molecule has 2 aliphatic rings. The molecule has 0 spiro atoms. The predicted octanol–water partition coefficient (Wildman–Crippen LogP) is 0.847. The molecule has 3 rings (SSSR count). The second-order valence-corrected chi connectivity index (χ2v) is 6.36. The summed E-state index contributed by atoms with van der Waals surface area (Å²) in [7, 11) is 0. The van der Waals surface area contributed by atoms with Gasteiger partial charge < -0.3 is 20.1 Å². The number of carbonyl (C=O) groups excluding carboxylic acids is 2. The molecule has 2 N–H and O–H groups in total. The lowest BCUT2D eigenvalue weighted by atomic mass is 10.0. The predicted molar refractivity (Wildman–Crippen MR) is 92.7 cm³/mol. The maximum Gasteiger partial charge on any atom is 0.234 e. The van der Waals surface area contributed by atoms with Gasteiger partial charge in [-0.1, -0.05) is 6.07 Å². The molecular formula is C18H25N3O4. The van der Waals surface area contributed by atoms with Gasteiger partial charge in [0.25, 0.3) is 0 Å². The largest absolute Gasteiger partial charge is 0.486 e. The van der Waals surface area contributed by atoms with Crippen LogP contribution in [0.15, 0.2) is 18.2 Å². The smallest absolute Gasteiger partial charge is 0.234 e. The molecule has 1 fully saturated rings. The molecular weight excluding hydrogens is 322 g/mol. The molecule has 0 radical (unpaired) electrons. The molecule has 1 aromatic rings. The molecule has 1 atom stereocenters. The van der Waals surface area contributed by atoms with Crippen molar-refractivity contribution >= 4 is 11.8 Å². The molecule has 1 saturated heterocycles. The van der Waals surface area contributed by atoms with Crippen LogP contribution >= 0.6 is 0 Å². The first-order chi connectivity index (χ1) is 12.1. The second kappa shape index (κ2) is 8.20. The highest BCUT2D eigenvalue weighted by molar-refractivity contribution is 5.78. The number of hydrogen-bond donors (Lipinski definition) is 2. The molecule has 136 valence electrons. The lowest BCUT2D eigenvalue weighted by Gasteiger charge is -2.26. The number of amides is 2. The summed E-state index contributed by atoms with van der Waals surface area (Å²) in [5.74, 6) is 1.47. The minimum Gasteiger partial charge on any atom is -0.486 e. The van der Waals surface area contributed by atoms with Crippen LogP contribution in [0.25, 0.3) is 0 Å². The summed E-state index contributed by atoms with van der Waals surface area (Å²) in [5, 5.41) is 5.51.